The number of rotatable bonds is 8. The molecule has 0 saturated heterocycles. The number of carbonyl (C=O) groups excluding carboxylic acids is 2. The van der Waals surface area contributed by atoms with Crippen LogP contribution in [-0.2, 0) is 11.2 Å². The van der Waals surface area contributed by atoms with Crippen molar-refractivity contribution in [2.45, 2.75) is 13.3 Å². The van der Waals surface area contributed by atoms with Gasteiger partial charge in [0.2, 0.25) is 5.91 Å². The molecular weight excluding hydrogens is 320 g/mol. The molecule has 0 unspecified atom stereocenters. The van der Waals surface area contributed by atoms with E-state index in [0.29, 0.717) is 18.7 Å². The first-order chi connectivity index (χ1) is 12.1. The largest absolute Gasteiger partial charge is 0.494 e. The minimum atomic E-state index is -0.502. The molecule has 0 spiro atoms. The van der Waals surface area contributed by atoms with E-state index in [0.717, 1.165) is 11.3 Å². The van der Waals surface area contributed by atoms with E-state index in [2.05, 4.69) is 15.6 Å². The zero-order valence-electron chi connectivity index (χ0n) is 14.1. The Morgan fingerprint density at radius 2 is 2.00 bits per heavy atom. The van der Waals surface area contributed by atoms with Crippen LogP contribution < -0.4 is 21.1 Å². The van der Waals surface area contributed by atoms with Crippen molar-refractivity contribution in [3.63, 3.8) is 0 Å². The molecule has 0 saturated carbocycles. The minimum Gasteiger partial charge on any atom is -0.494 e. The lowest BCUT2D eigenvalue weighted by Gasteiger charge is -2.15. The molecule has 1 aromatic carbocycles. The standard InChI is InChI=1S/C18H22N4O3/c1-2-25-16-7-5-13(6-8-16)10-14(17(19)23)11-21-18(24)22-15-4-3-9-20-12-15/h3-9,12,14H,2,10-11H2,1H3,(H2,19,23)(H2,21,22,24)/t14-/m1/s1. The molecule has 25 heavy (non-hydrogen) atoms. The van der Waals surface area contributed by atoms with Gasteiger partial charge in [-0.05, 0) is 43.2 Å². The van der Waals surface area contributed by atoms with Gasteiger partial charge in [-0.1, -0.05) is 12.1 Å². The van der Waals surface area contributed by atoms with Gasteiger partial charge < -0.3 is 21.1 Å². The molecule has 2 aromatic rings. The van der Waals surface area contributed by atoms with Gasteiger partial charge in [-0.25, -0.2) is 4.79 Å². The molecule has 132 valence electrons. The Morgan fingerprint density at radius 3 is 2.60 bits per heavy atom. The molecule has 7 nitrogen and oxygen atoms in total. The third kappa shape index (κ3) is 6.14. The second-order valence-electron chi connectivity index (χ2n) is 5.46. The van der Waals surface area contributed by atoms with E-state index < -0.39 is 17.9 Å². The smallest absolute Gasteiger partial charge is 0.319 e. The maximum Gasteiger partial charge on any atom is 0.319 e. The van der Waals surface area contributed by atoms with Gasteiger partial charge in [0.05, 0.1) is 24.4 Å². The second-order valence-corrected chi connectivity index (χ2v) is 5.46. The molecule has 0 fully saturated rings. The fraction of sp³-hybridized carbons (Fsp3) is 0.278. The third-order valence-corrected chi connectivity index (χ3v) is 3.55. The van der Waals surface area contributed by atoms with E-state index in [1.54, 1.807) is 18.3 Å². The predicted octanol–water partition coefficient (Wildman–Crippen LogP) is 1.95. The fourth-order valence-electron chi connectivity index (χ4n) is 2.27. The summed E-state index contributed by atoms with van der Waals surface area (Å²) in [6, 6.07) is 10.5. The van der Waals surface area contributed by atoms with Gasteiger partial charge in [0.25, 0.3) is 0 Å². The molecule has 0 aliphatic carbocycles. The number of anilines is 1. The summed E-state index contributed by atoms with van der Waals surface area (Å²) < 4.78 is 5.39. The summed E-state index contributed by atoms with van der Waals surface area (Å²) in [5, 5.41) is 5.30. The van der Waals surface area contributed by atoms with Gasteiger partial charge in [-0.2, -0.15) is 0 Å². The Bertz CT molecular complexity index is 689. The van der Waals surface area contributed by atoms with Crippen LogP contribution in [0.25, 0.3) is 0 Å². The molecular formula is C18H22N4O3. The number of pyridine rings is 1. The summed E-state index contributed by atoms with van der Waals surface area (Å²) in [6.07, 6.45) is 3.59. The van der Waals surface area contributed by atoms with Crippen molar-refractivity contribution in [2.24, 2.45) is 11.7 Å². The average molecular weight is 342 g/mol. The minimum absolute atomic E-state index is 0.147. The maximum atomic E-state index is 11.9. The second kappa shape index (κ2) is 9.27. The van der Waals surface area contributed by atoms with Gasteiger partial charge >= 0.3 is 6.03 Å². The van der Waals surface area contributed by atoms with Crippen LogP contribution in [0, 0.1) is 5.92 Å². The van der Waals surface area contributed by atoms with Crippen LogP contribution in [0.15, 0.2) is 48.8 Å². The van der Waals surface area contributed by atoms with Crippen LogP contribution in [-0.4, -0.2) is 30.1 Å². The monoisotopic (exact) mass is 342 g/mol. The average Bonchev–Trinajstić information content (AvgIpc) is 2.61. The zero-order valence-corrected chi connectivity index (χ0v) is 14.1. The highest BCUT2D eigenvalue weighted by Crippen LogP contribution is 2.15. The van der Waals surface area contributed by atoms with Crippen LogP contribution >= 0.6 is 0 Å². The molecule has 0 radical (unpaired) electrons. The molecule has 0 aliphatic rings. The number of urea groups is 1. The van der Waals surface area contributed by atoms with E-state index in [9.17, 15) is 9.59 Å². The first-order valence-corrected chi connectivity index (χ1v) is 8.04. The number of ether oxygens (including phenoxy) is 1. The van der Waals surface area contributed by atoms with E-state index in [4.69, 9.17) is 10.5 Å². The van der Waals surface area contributed by atoms with Gasteiger partial charge in [0.1, 0.15) is 5.75 Å². The van der Waals surface area contributed by atoms with Gasteiger partial charge in [0.15, 0.2) is 0 Å². The zero-order chi connectivity index (χ0) is 18.1. The van der Waals surface area contributed by atoms with Crippen molar-refractivity contribution >= 4 is 17.6 Å². The SMILES string of the molecule is CCOc1ccc(C[C@H](CNC(=O)Nc2cccnc2)C(N)=O)cc1. The number of amides is 3. The molecule has 0 aliphatic heterocycles. The highest BCUT2D eigenvalue weighted by Gasteiger charge is 2.17. The fourth-order valence-corrected chi connectivity index (χ4v) is 2.27. The Kier molecular flexibility index (Phi) is 6.76. The number of carbonyl (C=O) groups is 2. The third-order valence-electron chi connectivity index (χ3n) is 3.55. The predicted molar refractivity (Wildman–Crippen MR) is 95.3 cm³/mol. The molecule has 3 amide bonds. The van der Waals surface area contributed by atoms with E-state index in [-0.39, 0.29) is 6.54 Å². The number of nitrogens with one attached hydrogen (secondary N) is 2. The Balaban J connectivity index is 1.87. The van der Waals surface area contributed by atoms with Crippen molar-refractivity contribution in [2.75, 3.05) is 18.5 Å². The number of nitrogens with two attached hydrogens (primary N) is 1. The van der Waals surface area contributed by atoms with Gasteiger partial charge in [-0.15, -0.1) is 0 Å². The number of aromatic nitrogens is 1. The van der Waals surface area contributed by atoms with Crippen molar-refractivity contribution in [1.82, 2.24) is 10.3 Å². The Labute approximate surface area is 146 Å². The Morgan fingerprint density at radius 1 is 1.24 bits per heavy atom. The topological polar surface area (TPSA) is 106 Å². The van der Waals surface area contributed by atoms with Crippen molar-refractivity contribution in [3.8, 4) is 5.75 Å². The van der Waals surface area contributed by atoms with E-state index >= 15 is 0 Å². The van der Waals surface area contributed by atoms with Crippen molar-refractivity contribution < 1.29 is 14.3 Å². The first-order valence-electron chi connectivity index (χ1n) is 8.04. The number of hydrogen-bond donors (Lipinski definition) is 3. The summed E-state index contributed by atoms with van der Waals surface area (Å²) in [7, 11) is 0. The van der Waals surface area contributed by atoms with Crippen molar-refractivity contribution in [1.29, 1.82) is 0 Å². The number of primary amides is 1. The number of benzene rings is 1. The maximum absolute atomic E-state index is 11.9. The van der Waals surface area contributed by atoms with Gasteiger partial charge in [-0.3, -0.25) is 9.78 Å². The summed E-state index contributed by atoms with van der Waals surface area (Å²) in [5.74, 6) is -0.191. The van der Waals surface area contributed by atoms with Crippen LogP contribution in [0.2, 0.25) is 0 Å². The molecule has 1 aromatic heterocycles. The van der Waals surface area contributed by atoms with Crippen LogP contribution in [0.1, 0.15) is 12.5 Å². The molecule has 7 heteroatoms. The van der Waals surface area contributed by atoms with E-state index in [1.807, 2.05) is 31.2 Å². The molecule has 1 heterocycles. The van der Waals surface area contributed by atoms with Crippen LogP contribution in [0.5, 0.6) is 5.75 Å². The highest BCUT2D eigenvalue weighted by molar-refractivity contribution is 5.89. The van der Waals surface area contributed by atoms with Crippen molar-refractivity contribution in [3.05, 3.63) is 54.4 Å². The summed E-state index contributed by atoms with van der Waals surface area (Å²) in [5.41, 5.74) is 6.97. The molecule has 4 N–H and O–H groups in total. The lowest BCUT2D eigenvalue weighted by Crippen LogP contribution is -2.39. The van der Waals surface area contributed by atoms with Crippen LogP contribution in [0.3, 0.4) is 0 Å². The normalized spacial score (nSPS) is 11.4. The lowest BCUT2D eigenvalue weighted by molar-refractivity contribution is -0.121. The Hall–Kier alpha value is -3.09. The van der Waals surface area contributed by atoms with Gasteiger partial charge in [0, 0.05) is 12.7 Å². The first kappa shape index (κ1) is 18.3. The quantitative estimate of drug-likeness (QED) is 0.681. The number of hydrogen-bond acceptors (Lipinski definition) is 4. The molecule has 1 atom stereocenters. The summed E-state index contributed by atoms with van der Waals surface area (Å²) >= 11 is 0. The van der Waals surface area contributed by atoms with E-state index in [1.165, 1.54) is 6.20 Å². The highest BCUT2D eigenvalue weighted by atomic mass is 16.5. The summed E-state index contributed by atoms with van der Waals surface area (Å²) in [6.45, 7) is 2.66. The molecule has 0 bridgehead atoms. The van der Waals surface area contributed by atoms with Crippen LogP contribution in [0.4, 0.5) is 10.5 Å². The molecule has 2 rings (SSSR count). The summed E-state index contributed by atoms with van der Waals surface area (Å²) in [4.78, 5) is 27.5. The number of nitrogens with zero attached hydrogens (tertiary/aromatic N) is 1. The lowest BCUT2D eigenvalue weighted by atomic mass is 9.98.